The van der Waals surface area contributed by atoms with E-state index in [1.807, 2.05) is 13.8 Å². The van der Waals surface area contributed by atoms with Gasteiger partial charge in [0.25, 0.3) is 0 Å². The Morgan fingerprint density at radius 2 is 2.31 bits per heavy atom. The fraction of sp³-hybridized carbons (Fsp3) is 0.750. The average Bonchev–Trinajstić information content (AvgIpc) is 2.65. The maximum atomic E-state index is 10.9. The van der Waals surface area contributed by atoms with Crippen LogP contribution in [0.2, 0.25) is 0 Å². The van der Waals surface area contributed by atoms with Crippen LogP contribution in [0.3, 0.4) is 0 Å². The van der Waals surface area contributed by atoms with E-state index < -0.39 is 5.97 Å². The molecule has 0 saturated heterocycles. The summed E-state index contributed by atoms with van der Waals surface area (Å²) in [6.45, 7) is 4.60. The Hall–Kier alpha value is -1.03. The second-order valence-corrected chi connectivity index (χ2v) is 5.32. The summed E-state index contributed by atoms with van der Waals surface area (Å²) in [7, 11) is 0. The van der Waals surface area contributed by atoms with Gasteiger partial charge in [-0.25, -0.2) is 0 Å². The number of nitrogens with one attached hydrogen (secondary N) is 1. The molecule has 0 aromatic heterocycles. The first-order valence-corrected chi connectivity index (χ1v) is 5.84. The van der Waals surface area contributed by atoms with Crippen LogP contribution in [0.5, 0.6) is 0 Å². The maximum absolute atomic E-state index is 10.9. The Morgan fingerprint density at radius 3 is 2.75 bits per heavy atom. The third-order valence-electron chi connectivity index (χ3n) is 3.78. The van der Waals surface area contributed by atoms with Gasteiger partial charge in [-0.1, -0.05) is 20.3 Å². The van der Waals surface area contributed by atoms with Crippen molar-refractivity contribution in [1.29, 1.82) is 0 Å². The fourth-order valence-corrected chi connectivity index (χ4v) is 2.22. The van der Waals surface area contributed by atoms with E-state index in [0.29, 0.717) is 5.92 Å². The van der Waals surface area contributed by atoms with Gasteiger partial charge in [-0.15, -0.1) is 0 Å². The average molecular weight is 225 g/mol. The van der Waals surface area contributed by atoms with Gasteiger partial charge in [0.1, 0.15) is 0 Å². The Kier molecular flexibility index (Phi) is 2.93. The van der Waals surface area contributed by atoms with Crippen molar-refractivity contribution in [3.63, 3.8) is 0 Å². The molecule has 2 fully saturated rings. The van der Waals surface area contributed by atoms with E-state index in [0.717, 1.165) is 12.2 Å². The molecule has 1 atom stereocenters. The van der Waals surface area contributed by atoms with E-state index >= 15 is 0 Å². The molecule has 0 amide bonds. The lowest BCUT2D eigenvalue weighted by molar-refractivity contribution is -0.139. The van der Waals surface area contributed by atoms with Crippen LogP contribution in [-0.4, -0.2) is 17.7 Å². The lowest BCUT2D eigenvalue weighted by Crippen LogP contribution is -2.21. The molecular formula is C12H19NO3. The van der Waals surface area contributed by atoms with Crippen LogP contribution in [0.4, 0.5) is 0 Å². The second kappa shape index (κ2) is 4.09. The molecule has 2 saturated carbocycles. The normalized spacial score (nSPS) is 29.9. The lowest BCUT2D eigenvalue weighted by Gasteiger charge is -2.24. The van der Waals surface area contributed by atoms with Crippen molar-refractivity contribution >= 4 is 5.97 Å². The van der Waals surface area contributed by atoms with Crippen molar-refractivity contribution in [2.45, 2.75) is 33.1 Å². The van der Waals surface area contributed by atoms with Crippen molar-refractivity contribution in [2.24, 2.45) is 17.3 Å². The summed E-state index contributed by atoms with van der Waals surface area (Å²) in [6, 6.07) is 0. The molecular weight excluding hydrogens is 206 g/mol. The van der Waals surface area contributed by atoms with E-state index in [1.165, 1.54) is 19.3 Å². The summed E-state index contributed by atoms with van der Waals surface area (Å²) in [6.07, 6.45) is 5.52. The summed E-state index contributed by atoms with van der Waals surface area (Å²) in [5.41, 5.74) is 3.45. The van der Waals surface area contributed by atoms with Crippen LogP contribution in [0.25, 0.3) is 0 Å². The molecule has 0 bridgehead atoms. The highest BCUT2D eigenvalue weighted by molar-refractivity contribution is 5.82. The monoisotopic (exact) mass is 225 g/mol. The van der Waals surface area contributed by atoms with Gasteiger partial charge in [0.15, 0.2) is 0 Å². The van der Waals surface area contributed by atoms with Crippen LogP contribution in [0.15, 0.2) is 11.8 Å². The number of rotatable bonds is 5. The van der Waals surface area contributed by atoms with Crippen LogP contribution in [0, 0.1) is 17.3 Å². The van der Waals surface area contributed by atoms with Crippen LogP contribution in [-0.2, 0) is 9.63 Å². The Morgan fingerprint density at radius 1 is 1.62 bits per heavy atom. The van der Waals surface area contributed by atoms with Gasteiger partial charge >= 0.3 is 5.97 Å². The Labute approximate surface area is 95.6 Å². The molecule has 0 unspecified atom stereocenters. The summed E-state index contributed by atoms with van der Waals surface area (Å²) >= 11 is 0. The number of carbonyl (C=O) groups is 1. The second-order valence-electron chi connectivity index (χ2n) is 5.32. The molecule has 2 N–H and O–H groups in total. The smallest absolute Gasteiger partial charge is 0.311 e. The minimum Gasteiger partial charge on any atom is -0.481 e. The van der Waals surface area contributed by atoms with Crippen molar-refractivity contribution in [1.82, 2.24) is 5.48 Å². The van der Waals surface area contributed by atoms with Gasteiger partial charge in [-0.05, 0) is 24.3 Å². The summed E-state index contributed by atoms with van der Waals surface area (Å²) in [5.74, 6) is -0.419. The van der Waals surface area contributed by atoms with Gasteiger partial charge in [0.2, 0.25) is 0 Å². The van der Waals surface area contributed by atoms with Gasteiger partial charge < -0.3 is 5.11 Å². The van der Waals surface area contributed by atoms with E-state index in [1.54, 1.807) is 6.20 Å². The fourth-order valence-electron chi connectivity index (χ4n) is 2.22. The minimum atomic E-state index is -0.753. The summed E-state index contributed by atoms with van der Waals surface area (Å²) < 4.78 is 0. The number of carboxylic acid groups (broad SMARTS) is 1. The van der Waals surface area contributed by atoms with Crippen molar-refractivity contribution < 1.29 is 14.7 Å². The van der Waals surface area contributed by atoms with E-state index in [9.17, 15) is 4.79 Å². The van der Waals surface area contributed by atoms with Gasteiger partial charge in [0.05, 0.1) is 12.5 Å². The first-order valence-electron chi connectivity index (χ1n) is 5.84. The van der Waals surface area contributed by atoms with E-state index in [4.69, 9.17) is 9.94 Å². The van der Waals surface area contributed by atoms with Gasteiger partial charge in [0, 0.05) is 11.6 Å². The summed E-state index contributed by atoms with van der Waals surface area (Å²) in [4.78, 5) is 16.2. The van der Waals surface area contributed by atoms with Crippen molar-refractivity contribution in [2.75, 3.05) is 6.61 Å². The molecule has 16 heavy (non-hydrogen) atoms. The van der Waals surface area contributed by atoms with E-state index in [2.05, 4.69) is 5.48 Å². The molecule has 0 heterocycles. The molecule has 0 aromatic rings. The molecule has 2 rings (SSSR count). The third-order valence-corrected chi connectivity index (χ3v) is 3.78. The SMILES string of the molecule is CC1(C)C(=CNOCC2CCC2)[C@H]1C(=O)O. The first kappa shape index (κ1) is 11.5. The highest BCUT2D eigenvalue weighted by atomic mass is 16.6. The zero-order chi connectivity index (χ0) is 11.8. The molecule has 0 aliphatic heterocycles. The summed E-state index contributed by atoms with van der Waals surface area (Å²) in [5, 5.41) is 8.94. The molecule has 2 aliphatic rings. The predicted molar refractivity (Wildman–Crippen MR) is 59.4 cm³/mol. The molecule has 90 valence electrons. The van der Waals surface area contributed by atoms with Crippen LogP contribution >= 0.6 is 0 Å². The molecule has 4 heteroatoms. The number of aliphatic carboxylic acids is 1. The maximum Gasteiger partial charge on any atom is 0.311 e. The van der Waals surface area contributed by atoms with Crippen LogP contribution < -0.4 is 5.48 Å². The topological polar surface area (TPSA) is 58.6 Å². The molecule has 4 nitrogen and oxygen atoms in total. The Balaban J connectivity index is 1.73. The quantitative estimate of drug-likeness (QED) is 0.554. The number of hydrogen-bond acceptors (Lipinski definition) is 3. The largest absolute Gasteiger partial charge is 0.481 e. The predicted octanol–water partition coefficient (Wildman–Crippen LogP) is 1.93. The minimum absolute atomic E-state index is 0.224. The molecule has 2 aliphatic carbocycles. The molecule has 0 spiro atoms. The first-order chi connectivity index (χ1) is 7.53. The Bertz CT molecular complexity index is 318. The highest BCUT2D eigenvalue weighted by Crippen LogP contribution is 2.57. The molecule has 0 aromatic carbocycles. The number of carboxylic acids is 1. The standard InChI is InChI=1S/C12H19NO3/c1-12(2)9(10(12)11(14)15)6-13-16-7-8-4-3-5-8/h6,8,10,13H,3-5,7H2,1-2H3,(H,14,15)/t10-/m0/s1. The number of hydroxylamine groups is 1. The van der Waals surface area contributed by atoms with Crippen molar-refractivity contribution in [3.8, 4) is 0 Å². The highest BCUT2D eigenvalue weighted by Gasteiger charge is 2.57. The van der Waals surface area contributed by atoms with Crippen LogP contribution in [0.1, 0.15) is 33.1 Å². The van der Waals surface area contributed by atoms with Gasteiger partial charge in [-0.2, -0.15) is 0 Å². The number of hydrogen-bond donors (Lipinski definition) is 2. The van der Waals surface area contributed by atoms with Crippen molar-refractivity contribution in [3.05, 3.63) is 11.8 Å². The van der Waals surface area contributed by atoms with Gasteiger partial charge in [-0.3, -0.25) is 15.1 Å². The zero-order valence-electron chi connectivity index (χ0n) is 9.82. The third kappa shape index (κ3) is 2.07. The zero-order valence-corrected chi connectivity index (χ0v) is 9.82. The molecule has 0 radical (unpaired) electrons. The lowest BCUT2D eigenvalue weighted by atomic mass is 9.86. The van der Waals surface area contributed by atoms with E-state index in [-0.39, 0.29) is 11.3 Å².